The number of nitrogens with one attached hydrogen (secondary N) is 1. The number of carbonyl (C=O) groups is 1. The van der Waals surface area contributed by atoms with Gasteiger partial charge in [0.25, 0.3) is 0 Å². The maximum atomic E-state index is 12.5. The van der Waals surface area contributed by atoms with Crippen LogP contribution >= 0.6 is 11.3 Å². The summed E-state index contributed by atoms with van der Waals surface area (Å²) >= 11 is 1.56. The minimum absolute atomic E-state index is 0.0350. The van der Waals surface area contributed by atoms with E-state index in [9.17, 15) is 13.6 Å². The number of amides is 1. The van der Waals surface area contributed by atoms with E-state index in [1.807, 2.05) is 36.6 Å². The van der Waals surface area contributed by atoms with E-state index in [0.717, 1.165) is 16.3 Å². The molecule has 1 amide bonds. The largest absolute Gasteiger partial charge is 0.487 e. The Morgan fingerprint density at radius 1 is 1.17 bits per heavy atom. The lowest BCUT2D eigenvalue weighted by Crippen LogP contribution is -2.21. The summed E-state index contributed by atoms with van der Waals surface area (Å²) in [6.45, 7) is -0.594. The fraction of sp³-hybridized carbons (Fsp3) is 0.182. The van der Waals surface area contributed by atoms with Crippen molar-refractivity contribution in [3.05, 3.63) is 81.8 Å². The van der Waals surface area contributed by atoms with E-state index in [1.54, 1.807) is 35.6 Å². The van der Waals surface area contributed by atoms with Gasteiger partial charge in [0.1, 0.15) is 18.1 Å². The third-order valence-corrected chi connectivity index (χ3v) is 4.84. The van der Waals surface area contributed by atoms with Crippen molar-refractivity contribution in [1.82, 2.24) is 10.3 Å². The second-order valence-corrected chi connectivity index (χ2v) is 7.28. The predicted octanol–water partition coefficient (Wildman–Crippen LogP) is 4.96. The van der Waals surface area contributed by atoms with Gasteiger partial charge in [-0.1, -0.05) is 36.4 Å². The van der Waals surface area contributed by atoms with Gasteiger partial charge in [0, 0.05) is 29.1 Å². The maximum Gasteiger partial charge on any atom is 0.387 e. The summed E-state index contributed by atoms with van der Waals surface area (Å²) in [5.41, 5.74) is 2.04. The minimum Gasteiger partial charge on any atom is -0.487 e. The van der Waals surface area contributed by atoms with E-state index >= 15 is 0 Å². The molecule has 1 aromatic heterocycles. The normalized spacial score (nSPS) is 11.1. The van der Waals surface area contributed by atoms with Crippen molar-refractivity contribution in [3.63, 3.8) is 0 Å². The van der Waals surface area contributed by atoms with Crippen LogP contribution in [0.2, 0.25) is 0 Å². The van der Waals surface area contributed by atoms with Crippen molar-refractivity contribution < 1.29 is 23.0 Å². The zero-order valence-electron chi connectivity index (χ0n) is 16.2. The maximum absolute atomic E-state index is 12.5. The standard InChI is InChI=1S/C22H20F2N2O3S/c1-15-26-18(14-30-15)13-28-19-8-4-2-6-16(19)10-11-21(27)25-12-17-7-3-5-9-20(17)29-22(23)24/h2-11,14,22H,12-13H2,1H3,(H,25,27)/b11-10+. The Kier molecular flexibility index (Phi) is 7.51. The number of para-hydroxylation sites is 2. The van der Waals surface area contributed by atoms with E-state index in [0.29, 0.717) is 17.9 Å². The van der Waals surface area contributed by atoms with Gasteiger partial charge >= 0.3 is 6.61 Å². The summed E-state index contributed by atoms with van der Waals surface area (Å²) in [5.74, 6) is 0.294. The Bertz CT molecular complexity index is 1020. The summed E-state index contributed by atoms with van der Waals surface area (Å²) in [4.78, 5) is 16.5. The van der Waals surface area contributed by atoms with Gasteiger partial charge in [-0.25, -0.2) is 4.98 Å². The molecule has 1 N–H and O–H groups in total. The second kappa shape index (κ2) is 10.5. The van der Waals surface area contributed by atoms with Crippen molar-refractivity contribution >= 4 is 23.3 Å². The number of aromatic nitrogens is 1. The number of hydrogen-bond acceptors (Lipinski definition) is 5. The first-order valence-electron chi connectivity index (χ1n) is 9.12. The topological polar surface area (TPSA) is 60.5 Å². The van der Waals surface area contributed by atoms with Gasteiger partial charge in [-0.15, -0.1) is 11.3 Å². The van der Waals surface area contributed by atoms with Gasteiger partial charge < -0.3 is 14.8 Å². The number of aryl methyl sites for hydroxylation is 1. The first-order chi connectivity index (χ1) is 14.5. The third kappa shape index (κ3) is 6.38. The number of carbonyl (C=O) groups excluding carboxylic acids is 1. The molecule has 0 spiro atoms. The fourth-order valence-electron chi connectivity index (χ4n) is 2.64. The first-order valence-corrected chi connectivity index (χ1v) is 10.0. The van der Waals surface area contributed by atoms with Crippen LogP contribution in [0.3, 0.4) is 0 Å². The van der Waals surface area contributed by atoms with Crippen LogP contribution < -0.4 is 14.8 Å². The fourth-order valence-corrected chi connectivity index (χ4v) is 3.24. The third-order valence-electron chi connectivity index (χ3n) is 4.02. The Labute approximate surface area is 177 Å². The number of benzene rings is 2. The number of rotatable bonds is 9. The molecule has 2 aromatic carbocycles. The average molecular weight is 430 g/mol. The summed E-state index contributed by atoms with van der Waals surface area (Å²) in [5, 5.41) is 5.58. The molecule has 0 bridgehead atoms. The SMILES string of the molecule is Cc1nc(COc2ccccc2/C=C/C(=O)NCc2ccccc2OC(F)F)cs1. The van der Waals surface area contributed by atoms with Crippen LogP contribution in [-0.4, -0.2) is 17.5 Å². The molecule has 8 heteroatoms. The highest BCUT2D eigenvalue weighted by Crippen LogP contribution is 2.22. The first kappa shape index (κ1) is 21.4. The van der Waals surface area contributed by atoms with Crippen LogP contribution in [0.1, 0.15) is 21.8 Å². The van der Waals surface area contributed by atoms with Crippen LogP contribution in [-0.2, 0) is 17.9 Å². The molecule has 5 nitrogen and oxygen atoms in total. The lowest BCUT2D eigenvalue weighted by atomic mass is 10.2. The highest BCUT2D eigenvalue weighted by Gasteiger charge is 2.09. The zero-order valence-corrected chi connectivity index (χ0v) is 17.0. The highest BCUT2D eigenvalue weighted by molar-refractivity contribution is 7.09. The van der Waals surface area contributed by atoms with Gasteiger partial charge in [-0.2, -0.15) is 8.78 Å². The van der Waals surface area contributed by atoms with Crippen LogP contribution in [0.4, 0.5) is 8.78 Å². The van der Waals surface area contributed by atoms with Crippen molar-refractivity contribution in [3.8, 4) is 11.5 Å². The molecule has 0 radical (unpaired) electrons. The number of thiazole rings is 1. The molecule has 0 aliphatic carbocycles. The number of ether oxygens (including phenoxy) is 2. The predicted molar refractivity (Wildman–Crippen MR) is 112 cm³/mol. The summed E-state index contributed by atoms with van der Waals surface area (Å²) in [6.07, 6.45) is 3.00. The molecule has 0 unspecified atom stereocenters. The monoisotopic (exact) mass is 430 g/mol. The average Bonchev–Trinajstić information content (AvgIpc) is 3.15. The summed E-state index contributed by atoms with van der Waals surface area (Å²) in [6, 6.07) is 13.7. The van der Waals surface area contributed by atoms with Gasteiger partial charge in [0.15, 0.2) is 0 Å². The number of nitrogens with zero attached hydrogens (tertiary/aromatic N) is 1. The Hall–Kier alpha value is -3.26. The van der Waals surface area contributed by atoms with Gasteiger partial charge in [0.05, 0.1) is 10.7 Å². The van der Waals surface area contributed by atoms with Crippen molar-refractivity contribution in [2.45, 2.75) is 26.7 Å². The molecule has 30 heavy (non-hydrogen) atoms. The van der Waals surface area contributed by atoms with Crippen molar-refractivity contribution in [1.29, 1.82) is 0 Å². The molecule has 0 fully saturated rings. The number of alkyl halides is 2. The molecule has 0 saturated heterocycles. The zero-order chi connectivity index (χ0) is 21.3. The Balaban J connectivity index is 1.59. The van der Waals surface area contributed by atoms with Gasteiger partial charge in [0.2, 0.25) is 5.91 Å². The molecule has 0 aliphatic heterocycles. The smallest absolute Gasteiger partial charge is 0.387 e. The lowest BCUT2D eigenvalue weighted by molar-refractivity contribution is -0.116. The molecule has 156 valence electrons. The Morgan fingerprint density at radius 3 is 2.63 bits per heavy atom. The van der Waals surface area contributed by atoms with E-state index in [2.05, 4.69) is 15.0 Å². The molecule has 3 aromatic rings. The summed E-state index contributed by atoms with van der Waals surface area (Å²) in [7, 11) is 0. The van der Waals surface area contributed by atoms with Crippen LogP contribution in [0.25, 0.3) is 6.08 Å². The molecule has 0 atom stereocenters. The molecule has 0 saturated carbocycles. The number of hydrogen-bond donors (Lipinski definition) is 1. The second-order valence-electron chi connectivity index (χ2n) is 6.22. The molecule has 1 heterocycles. The van der Waals surface area contributed by atoms with Crippen molar-refractivity contribution in [2.75, 3.05) is 0 Å². The van der Waals surface area contributed by atoms with Crippen LogP contribution in [0.15, 0.2) is 60.0 Å². The molecular weight excluding hydrogens is 410 g/mol. The van der Waals surface area contributed by atoms with E-state index in [1.165, 1.54) is 12.1 Å². The molecule has 3 rings (SSSR count). The molecule has 0 aliphatic rings. The Morgan fingerprint density at radius 2 is 1.90 bits per heavy atom. The number of halogens is 2. The summed E-state index contributed by atoms with van der Waals surface area (Å²) < 4.78 is 35.3. The highest BCUT2D eigenvalue weighted by atomic mass is 32.1. The van der Waals surface area contributed by atoms with Crippen LogP contribution in [0, 0.1) is 6.92 Å². The van der Waals surface area contributed by atoms with Gasteiger partial charge in [-0.05, 0) is 25.1 Å². The van der Waals surface area contributed by atoms with Gasteiger partial charge in [-0.3, -0.25) is 4.79 Å². The van der Waals surface area contributed by atoms with E-state index in [-0.39, 0.29) is 18.2 Å². The van der Waals surface area contributed by atoms with Crippen molar-refractivity contribution in [2.24, 2.45) is 0 Å². The van der Waals surface area contributed by atoms with E-state index in [4.69, 9.17) is 4.74 Å². The lowest BCUT2D eigenvalue weighted by Gasteiger charge is -2.10. The van der Waals surface area contributed by atoms with Crippen LogP contribution in [0.5, 0.6) is 11.5 Å². The minimum atomic E-state index is -2.92. The van der Waals surface area contributed by atoms with E-state index < -0.39 is 6.61 Å². The quantitative estimate of drug-likeness (QED) is 0.488. The molecular formula is C22H20F2N2O3S.